The van der Waals surface area contributed by atoms with Crippen molar-refractivity contribution in [1.82, 2.24) is 9.80 Å². The van der Waals surface area contributed by atoms with Gasteiger partial charge < -0.3 is 10.6 Å². The zero-order valence-corrected chi connectivity index (χ0v) is 15.3. The molecule has 0 saturated carbocycles. The zero-order valence-electron chi connectivity index (χ0n) is 13.0. The number of nitrogens with two attached hydrogens (primary N) is 1. The molecule has 2 N–H and O–H groups in total. The Bertz CT molecular complexity index is 269. The summed E-state index contributed by atoms with van der Waals surface area (Å²) in [5, 5.41) is 0. The average Bonchev–Trinajstić information content (AvgIpc) is 2.39. The van der Waals surface area contributed by atoms with Gasteiger partial charge in [-0.25, -0.2) is 0 Å². The SMILES string of the molecule is CCN(CC)C(N)=NCC(C)(C)N1CCCCC1.I. The van der Waals surface area contributed by atoms with Gasteiger partial charge in [0.1, 0.15) is 0 Å². The highest BCUT2D eigenvalue weighted by Crippen LogP contribution is 2.20. The second-order valence-electron chi connectivity index (χ2n) is 5.71. The van der Waals surface area contributed by atoms with Gasteiger partial charge in [-0.15, -0.1) is 24.0 Å². The Morgan fingerprint density at radius 2 is 1.68 bits per heavy atom. The second kappa shape index (κ2) is 9.00. The summed E-state index contributed by atoms with van der Waals surface area (Å²) in [6.45, 7) is 13.8. The van der Waals surface area contributed by atoms with Crippen LogP contribution in [0.3, 0.4) is 0 Å². The predicted molar refractivity (Wildman–Crippen MR) is 94.3 cm³/mol. The van der Waals surface area contributed by atoms with E-state index in [0.717, 1.165) is 19.6 Å². The van der Waals surface area contributed by atoms with Crippen molar-refractivity contribution in [3.8, 4) is 0 Å². The van der Waals surface area contributed by atoms with E-state index in [1.165, 1.54) is 32.4 Å². The van der Waals surface area contributed by atoms with E-state index < -0.39 is 0 Å². The summed E-state index contributed by atoms with van der Waals surface area (Å²) in [7, 11) is 0. The van der Waals surface area contributed by atoms with Crippen molar-refractivity contribution in [2.75, 3.05) is 32.7 Å². The van der Waals surface area contributed by atoms with Crippen molar-refractivity contribution < 1.29 is 0 Å². The molecule has 1 aliphatic rings. The largest absolute Gasteiger partial charge is 0.370 e. The van der Waals surface area contributed by atoms with E-state index in [1.807, 2.05) is 0 Å². The fraction of sp³-hybridized carbons (Fsp3) is 0.929. The first-order valence-electron chi connectivity index (χ1n) is 7.31. The van der Waals surface area contributed by atoms with Crippen LogP contribution in [0.25, 0.3) is 0 Å². The van der Waals surface area contributed by atoms with Crippen LogP contribution in [0.15, 0.2) is 4.99 Å². The molecule has 0 aromatic rings. The van der Waals surface area contributed by atoms with Gasteiger partial charge in [-0.3, -0.25) is 9.89 Å². The second-order valence-corrected chi connectivity index (χ2v) is 5.71. The van der Waals surface area contributed by atoms with Gasteiger partial charge in [-0.1, -0.05) is 6.42 Å². The Labute approximate surface area is 135 Å². The van der Waals surface area contributed by atoms with E-state index in [9.17, 15) is 0 Å². The normalized spacial score (nSPS) is 18.0. The van der Waals surface area contributed by atoms with E-state index in [4.69, 9.17) is 5.73 Å². The predicted octanol–water partition coefficient (Wildman–Crippen LogP) is 2.53. The summed E-state index contributed by atoms with van der Waals surface area (Å²) < 4.78 is 0. The lowest BCUT2D eigenvalue weighted by molar-refractivity contribution is 0.102. The van der Waals surface area contributed by atoms with Crippen molar-refractivity contribution in [1.29, 1.82) is 0 Å². The standard InChI is InChI=1S/C14H30N4.HI/c1-5-17(6-2)13(15)16-12-14(3,4)18-10-8-7-9-11-18;/h5-12H2,1-4H3,(H2,15,16);1H. The molecule has 0 unspecified atom stereocenters. The molecule has 0 atom stereocenters. The Kier molecular flexibility index (Phi) is 8.98. The van der Waals surface area contributed by atoms with Crippen molar-refractivity contribution in [2.24, 2.45) is 10.7 Å². The van der Waals surface area contributed by atoms with Gasteiger partial charge in [-0.05, 0) is 53.6 Å². The van der Waals surface area contributed by atoms with Gasteiger partial charge in [0.25, 0.3) is 0 Å². The monoisotopic (exact) mass is 382 g/mol. The van der Waals surface area contributed by atoms with Crippen LogP contribution >= 0.6 is 24.0 Å². The Morgan fingerprint density at radius 3 is 2.16 bits per heavy atom. The van der Waals surface area contributed by atoms with E-state index >= 15 is 0 Å². The molecule has 5 heteroatoms. The summed E-state index contributed by atoms with van der Waals surface area (Å²) in [5.41, 5.74) is 6.16. The molecule has 0 aliphatic carbocycles. The highest BCUT2D eigenvalue weighted by Gasteiger charge is 2.27. The number of aliphatic imine (C=N–C) groups is 1. The first-order chi connectivity index (χ1) is 8.51. The molecule has 0 bridgehead atoms. The molecular formula is C14H31IN4. The summed E-state index contributed by atoms with van der Waals surface area (Å²) in [6, 6.07) is 0. The molecule has 1 saturated heterocycles. The summed E-state index contributed by atoms with van der Waals surface area (Å²) in [4.78, 5) is 9.25. The highest BCUT2D eigenvalue weighted by molar-refractivity contribution is 14.0. The van der Waals surface area contributed by atoms with E-state index in [0.29, 0.717) is 5.96 Å². The van der Waals surface area contributed by atoms with Crippen LogP contribution in [-0.4, -0.2) is 54.0 Å². The molecule has 1 fully saturated rings. The molecular weight excluding hydrogens is 351 g/mol. The minimum Gasteiger partial charge on any atom is -0.370 e. The summed E-state index contributed by atoms with van der Waals surface area (Å²) in [5.74, 6) is 0.685. The summed E-state index contributed by atoms with van der Waals surface area (Å²) in [6.07, 6.45) is 4.01. The fourth-order valence-corrected chi connectivity index (χ4v) is 2.52. The first-order valence-corrected chi connectivity index (χ1v) is 7.31. The van der Waals surface area contributed by atoms with E-state index in [1.54, 1.807) is 0 Å². The number of likely N-dealkylation sites (tertiary alicyclic amines) is 1. The van der Waals surface area contributed by atoms with Crippen molar-refractivity contribution in [3.63, 3.8) is 0 Å². The van der Waals surface area contributed by atoms with Gasteiger partial charge in [0.05, 0.1) is 6.54 Å². The topological polar surface area (TPSA) is 44.9 Å². The van der Waals surface area contributed by atoms with Crippen LogP contribution in [0.4, 0.5) is 0 Å². The number of hydrogen-bond donors (Lipinski definition) is 1. The van der Waals surface area contributed by atoms with Crippen LogP contribution in [0, 0.1) is 0 Å². The van der Waals surface area contributed by atoms with E-state index in [2.05, 4.69) is 42.5 Å². The lowest BCUT2D eigenvalue weighted by Crippen LogP contribution is -2.49. The molecule has 0 aromatic heterocycles. The maximum absolute atomic E-state index is 6.03. The van der Waals surface area contributed by atoms with Gasteiger partial charge in [0.2, 0.25) is 0 Å². The van der Waals surface area contributed by atoms with Crippen molar-refractivity contribution >= 4 is 29.9 Å². The van der Waals surface area contributed by atoms with Gasteiger partial charge in [0.15, 0.2) is 5.96 Å². The van der Waals surface area contributed by atoms with Gasteiger partial charge in [-0.2, -0.15) is 0 Å². The number of rotatable bonds is 5. The molecule has 1 aliphatic heterocycles. The molecule has 0 spiro atoms. The van der Waals surface area contributed by atoms with Crippen molar-refractivity contribution in [3.05, 3.63) is 0 Å². The van der Waals surface area contributed by atoms with Crippen LogP contribution < -0.4 is 5.73 Å². The number of halogens is 1. The molecule has 1 rings (SSSR count). The molecule has 1 heterocycles. The van der Waals surface area contributed by atoms with Gasteiger partial charge in [0, 0.05) is 18.6 Å². The third-order valence-corrected chi connectivity index (χ3v) is 3.93. The Balaban J connectivity index is 0.00000324. The maximum Gasteiger partial charge on any atom is 0.191 e. The lowest BCUT2D eigenvalue weighted by atomic mass is 9.99. The quantitative estimate of drug-likeness (QED) is 0.452. The fourth-order valence-electron chi connectivity index (χ4n) is 2.52. The first kappa shape index (κ1) is 19.0. The minimum atomic E-state index is 0. The molecule has 19 heavy (non-hydrogen) atoms. The zero-order chi connectivity index (χ0) is 13.6. The number of nitrogens with zero attached hydrogens (tertiary/aromatic N) is 3. The number of piperidine rings is 1. The van der Waals surface area contributed by atoms with Crippen LogP contribution in [-0.2, 0) is 0 Å². The molecule has 0 aromatic carbocycles. The Hall–Kier alpha value is -0.0400. The number of guanidine groups is 1. The molecule has 0 radical (unpaired) electrons. The lowest BCUT2D eigenvalue weighted by Gasteiger charge is -2.40. The summed E-state index contributed by atoms with van der Waals surface area (Å²) >= 11 is 0. The van der Waals surface area contributed by atoms with Crippen LogP contribution in [0.1, 0.15) is 47.0 Å². The minimum absolute atomic E-state index is 0. The van der Waals surface area contributed by atoms with Crippen molar-refractivity contribution in [2.45, 2.75) is 52.5 Å². The number of hydrogen-bond acceptors (Lipinski definition) is 2. The molecule has 114 valence electrons. The van der Waals surface area contributed by atoms with E-state index in [-0.39, 0.29) is 29.5 Å². The molecule has 4 nitrogen and oxygen atoms in total. The highest BCUT2D eigenvalue weighted by atomic mass is 127. The average molecular weight is 382 g/mol. The Morgan fingerprint density at radius 1 is 1.16 bits per heavy atom. The molecule has 0 amide bonds. The van der Waals surface area contributed by atoms with Crippen LogP contribution in [0.2, 0.25) is 0 Å². The van der Waals surface area contributed by atoms with Gasteiger partial charge >= 0.3 is 0 Å². The van der Waals surface area contributed by atoms with Crippen LogP contribution in [0.5, 0.6) is 0 Å². The smallest absolute Gasteiger partial charge is 0.191 e. The maximum atomic E-state index is 6.03. The third-order valence-electron chi connectivity index (χ3n) is 3.93. The third kappa shape index (κ3) is 5.85.